The van der Waals surface area contributed by atoms with Crippen LogP contribution in [0.5, 0.6) is 0 Å². The molecule has 2 fully saturated rings. The van der Waals surface area contributed by atoms with Crippen molar-refractivity contribution in [1.29, 1.82) is 0 Å². The normalized spacial score (nSPS) is 58.7. The fourth-order valence-corrected chi connectivity index (χ4v) is 2.77. The van der Waals surface area contributed by atoms with Crippen LogP contribution in [-0.2, 0) is 14.8 Å². The van der Waals surface area contributed by atoms with Crippen molar-refractivity contribution in [3.63, 3.8) is 0 Å². The van der Waals surface area contributed by atoms with Crippen molar-refractivity contribution in [2.24, 2.45) is 11.8 Å². The zero-order chi connectivity index (χ0) is 23.5. The first-order valence-electron chi connectivity index (χ1n) is 10.9. The van der Waals surface area contributed by atoms with Gasteiger partial charge in [-0.05, 0) is 43.6 Å². The summed E-state index contributed by atoms with van der Waals surface area (Å²) in [5.74, 6) is -6.73. The number of carbonyl (C=O) groups is 1. The lowest BCUT2D eigenvalue weighted by molar-refractivity contribution is -0.111. The molecule has 1 heterocycles. The van der Waals surface area contributed by atoms with Crippen LogP contribution in [0, 0.1) is 18.7 Å². The summed E-state index contributed by atoms with van der Waals surface area (Å²) in [5, 5.41) is 0. The maximum Gasteiger partial charge on any atom is 0.243 e. The maximum absolute atomic E-state index is 13.3. The molecule has 19 heavy (non-hydrogen) atoms. The molecule has 3 rings (SSSR count). The van der Waals surface area contributed by atoms with Crippen molar-refractivity contribution in [1.82, 2.24) is 4.31 Å². The van der Waals surface area contributed by atoms with Crippen molar-refractivity contribution in [2.45, 2.75) is 30.6 Å². The lowest BCUT2D eigenvalue weighted by Crippen LogP contribution is -2.45. The number of fused-ring (bicyclic) bond motifs is 1. The molecule has 0 unspecified atom stereocenters. The Bertz CT molecular complexity index is 1080. The van der Waals surface area contributed by atoms with Gasteiger partial charge in [-0.25, -0.2) is 8.42 Å². The van der Waals surface area contributed by atoms with Gasteiger partial charge in [0, 0.05) is 17.5 Å². The second-order valence-corrected chi connectivity index (χ2v) is 5.82. The number of aryl methyl sites for hydroxylation is 1. The summed E-state index contributed by atoms with van der Waals surface area (Å²) in [7, 11) is -5.43. The second kappa shape index (κ2) is 4.42. The average Bonchev–Trinajstić information content (AvgIpc) is 2.95. The largest absolute Gasteiger partial charge is 0.302 e. The third kappa shape index (κ3) is 2.21. The van der Waals surface area contributed by atoms with Gasteiger partial charge in [0.05, 0.1) is 13.7 Å². The molecule has 0 radical (unpaired) electrons. The molecule has 0 aromatic heterocycles. The van der Waals surface area contributed by atoms with Gasteiger partial charge < -0.3 is 4.79 Å². The number of aldehydes is 1. The van der Waals surface area contributed by atoms with Gasteiger partial charge >= 0.3 is 0 Å². The minimum Gasteiger partial charge on any atom is -0.302 e. The first-order valence-corrected chi connectivity index (χ1v) is 6.80. The zero-order valence-electron chi connectivity index (χ0n) is 20.8. The van der Waals surface area contributed by atoms with Crippen molar-refractivity contribution < 1.29 is 28.3 Å². The maximum atomic E-state index is 13.3. The summed E-state index contributed by atoms with van der Waals surface area (Å²) in [6.45, 7) is -2.26. The van der Waals surface area contributed by atoms with E-state index in [0.717, 1.165) is 12.1 Å². The highest BCUT2D eigenvalue weighted by Gasteiger charge is 2.49. The third-order valence-electron chi connectivity index (χ3n) is 2.65. The standard InChI is InChI=1S/C14H17NO3S/c1-10-2-4-14(5-3-10)19(17,18)15-8-12-6-11(12)7-13(15)9-16/h2-5,9,11-13H,6-8H2,1H3/t11-,12+,13+/m1/s1/i4D,6D2,7D2,8D2,9D,11D,12D,13D. The predicted molar refractivity (Wildman–Crippen MR) is 71.1 cm³/mol. The predicted octanol–water partition coefficient (Wildman–Crippen LogP) is 1.59. The molecule has 5 heteroatoms. The van der Waals surface area contributed by atoms with Crippen LogP contribution >= 0.6 is 0 Å². The van der Waals surface area contributed by atoms with E-state index in [-0.39, 0.29) is 0 Å². The van der Waals surface area contributed by atoms with Crippen LogP contribution in [0.1, 0.15) is 33.4 Å². The number of hydrogen-bond donors (Lipinski definition) is 0. The Balaban J connectivity index is 2.44. The van der Waals surface area contributed by atoms with Crippen LogP contribution < -0.4 is 0 Å². The Kier molecular flexibility index (Phi) is 1.23. The van der Waals surface area contributed by atoms with E-state index in [1.54, 1.807) is 0 Å². The van der Waals surface area contributed by atoms with Crippen molar-refractivity contribution in [3.8, 4) is 0 Å². The van der Waals surface area contributed by atoms with Crippen LogP contribution in [0.25, 0.3) is 0 Å². The van der Waals surface area contributed by atoms with Gasteiger partial charge in [0.15, 0.2) is 0 Å². The first-order chi connectivity index (χ1) is 13.2. The molecule has 0 spiro atoms. The van der Waals surface area contributed by atoms with Gasteiger partial charge in [-0.15, -0.1) is 0 Å². The smallest absolute Gasteiger partial charge is 0.243 e. The summed E-state index contributed by atoms with van der Waals surface area (Å²) in [4.78, 5) is 11.2. The van der Waals surface area contributed by atoms with Crippen molar-refractivity contribution in [3.05, 3.63) is 29.8 Å². The van der Waals surface area contributed by atoms with Crippen LogP contribution in [0.4, 0.5) is 0 Å². The number of piperidine rings is 1. The molecule has 1 aliphatic carbocycles. The van der Waals surface area contributed by atoms with E-state index in [2.05, 4.69) is 0 Å². The van der Waals surface area contributed by atoms with E-state index in [0.29, 0.717) is 5.56 Å². The Morgan fingerprint density at radius 1 is 1.47 bits per heavy atom. The SMILES string of the molecule is [2H]C(=O)[C@@]1([2H])N(S(=O)(=O)c2ccc(C)cc2[2H])C([2H])([2H])[C@]2([2H])C([2H])([2H])[C@]2([2H])C1([2H])[2H]. The van der Waals surface area contributed by atoms with E-state index >= 15 is 0 Å². The first kappa shape index (κ1) is 5.30. The molecule has 0 bridgehead atoms. The molecule has 1 aromatic carbocycles. The summed E-state index contributed by atoms with van der Waals surface area (Å²) < 4.78 is 115. The highest BCUT2D eigenvalue weighted by atomic mass is 32.2. The number of sulfonamides is 1. The number of carbonyl (C=O) groups excluding carboxylic acids is 1. The van der Waals surface area contributed by atoms with Gasteiger partial charge in [0.1, 0.15) is 7.63 Å². The fourth-order valence-electron chi connectivity index (χ4n) is 1.59. The molecule has 1 saturated carbocycles. The Morgan fingerprint density at radius 2 is 2.26 bits per heavy atom. The van der Waals surface area contributed by atoms with E-state index in [1.807, 2.05) is 0 Å². The van der Waals surface area contributed by atoms with Crippen LogP contribution in [-0.4, -0.2) is 31.5 Å². The van der Waals surface area contributed by atoms with Crippen LogP contribution in [0.15, 0.2) is 29.1 Å². The fraction of sp³-hybridized carbons (Fsp3) is 0.500. The van der Waals surface area contributed by atoms with Crippen LogP contribution in [0.3, 0.4) is 0 Å². The molecule has 1 aliphatic heterocycles. The number of rotatable bonds is 3. The molecule has 2 aliphatic rings. The molecule has 0 N–H and O–H groups in total. The summed E-state index contributed by atoms with van der Waals surface area (Å²) in [5.41, 5.74) is 0.449. The number of hydrogen-bond acceptors (Lipinski definition) is 3. The minimum atomic E-state index is -5.43. The van der Waals surface area contributed by atoms with Gasteiger partial charge in [-0.2, -0.15) is 4.31 Å². The highest BCUT2D eigenvalue weighted by molar-refractivity contribution is 7.89. The highest BCUT2D eigenvalue weighted by Crippen LogP contribution is 2.47. The van der Waals surface area contributed by atoms with Crippen molar-refractivity contribution >= 4 is 16.3 Å². The van der Waals surface area contributed by atoms with Gasteiger partial charge in [-0.3, -0.25) is 0 Å². The molecular formula is C14H17NO3S. The van der Waals surface area contributed by atoms with E-state index in [9.17, 15) is 13.2 Å². The second-order valence-electron chi connectivity index (χ2n) is 4.06. The lowest BCUT2D eigenvalue weighted by Gasteiger charge is -2.30. The van der Waals surface area contributed by atoms with E-state index in [1.165, 1.54) is 13.0 Å². The minimum absolute atomic E-state index is 0.449. The van der Waals surface area contributed by atoms with E-state index < -0.39 is 68.6 Å². The van der Waals surface area contributed by atoms with Crippen molar-refractivity contribution in [2.75, 3.05) is 6.50 Å². The van der Waals surface area contributed by atoms with E-state index in [4.69, 9.17) is 15.1 Å². The summed E-state index contributed by atoms with van der Waals surface area (Å²) in [6.07, 6.45) is -9.35. The van der Waals surface area contributed by atoms with Gasteiger partial charge in [0.25, 0.3) is 0 Å². The Morgan fingerprint density at radius 3 is 2.95 bits per heavy atom. The molecular weight excluding hydrogens is 262 g/mol. The van der Waals surface area contributed by atoms with Crippen LogP contribution in [0.2, 0.25) is 0 Å². The molecule has 1 saturated heterocycles. The molecule has 102 valence electrons. The molecule has 1 aromatic rings. The average molecular weight is 290 g/mol. The molecule has 4 nitrogen and oxygen atoms in total. The molecule has 3 atom stereocenters. The zero-order valence-corrected chi connectivity index (χ0v) is 10.6. The van der Waals surface area contributed by atoms with Gasteiger partial charge in [0.2, 0.25) is 10.0 Å². The third-order valence-corrected chi connectivity index (χ3v) is 4.22. The summed E-state index contributed by atoms with van der Waals surface area (Å²) in [6, 6.07) is -1.44. The Hall–Kier alpha value is -1.20. The Labute approximate surface area is 128 Å². The monoisotopic (exact) mass is 290 g/mol. The number of benzene rings is 1. The lowest BCUT2D eigenvalue weighted by atomic mass is 10.1. The summed E-state index contributed by atoms with van der Waals surface area (Å²) >= 11 is 0. The quantitative estimate of drug-likeness (QED) is 0.794. The number of nitrogens with zero attached hydrogens (tertiary/aromatic N) is 1. The van der Waals surface area contributed by atoms with Gasteiger partial charge in [-0.1, -0.05) is 17.7 Å². The topological polar surface area (TPSA) is 54.5 Å². The molecule has 0 amide bonds.